The summed E-state index contributed by atoms with van der Waals surface area (Å²) in [5.41, 5.74) is 2.96. The van der Waals surface area contributed by atoms with Crippen LogP contribution in [0.2, 0.25) is 0 Å². The summed E-state index contributed by atoms with van der Waals surface area (Å²) in [7, 11) is 1.69. The maximum Gasteiger partial charge on any atom is 0.419 e. The van der Waals surface area contributed by atoms with Gasteiger partial charge in [-0.15, -0.1) is 0 Å². The lowest BCUT2D eigenvalue weighted by Gasteiger charge is -2.16. The molecule has 0 aliphatic heterocycles. The molecule has 1 amide bonds. The number of hydrogen-bond acceptors (Lipinski definition) is 2. The molecule has 24 heavy (non-hydrogen) atoms. The van der Waals surface area contributed by atoms with Crippen LogP contribution in [0.4, 0.5) is 10.5 Å². The van der Waals surface area contributed by atoms with Crippen LogP contribution < -0.4 is 9.64 Å². The Morgan fingerprint density at radius 2 is 1.38 bits per heavy atom. The summed E-state index contributed by atoms with van der Waals surface area (Å²) in [6.07, 6.45) is -0.419. The number of ether oxygens (including phenoxy) is 1. The predicted octanol–water partition coefficient (Wildman–Crippen LogP) is 5.75. The zero-order valence-electron chi connectivity index (χ0n) is 13.1. The van der Waals surface area contributed by atoms with Gasteiger partial charge in [-0.25, -0.2) is 4.79 Å². The predicted molar refractivity (Wildman–Crippen MR) is 100 cm³/mol. The molecular weight excluding hydrogens is 366 g/mol. The molecule has 0 spiro atoms. The smallest absolute Gasteiger partial charge is 0.410 e. The Labute approximate surface area is 149 Å². The number of halogens is 1. The van der Waals surface area contributed by atoms with Crippen molar-refractivity contribution in [2.45, 2.75) is 0 Å². The van der Waals surface area contributed by atoms with Gasteiger partial charge in [0.1, 0.15) is 5.75 Å². The van der Waals surface area contributed by atoms with Crippen LogP contribution in [0.25, 0.3) is 11.1 Å². The van der Waals surface area contributed by atoms with E-state index in [1.165, 1.54) is 4.90 Å². The molecule has 3 aromatic rings. The second-order valence-corrected chi connectivity index (χ2v) is 6.21. The third-order valence-electron chi connectivity index (χ3n) is 3.65. The monoisotopic (exact) mass is 381 g/mol. The van der Waals surface area contributed by atoms with Crippen molar-refractivity contribution < 1.29 is 9.53 Å². The molecule has 120 valence electrons. The molecule has 0 aliphatic rings. The van der Waals surface area contributed by atoms with E-state index in [0.29, 0.717) is 5.75 Å². The fourth-order valence-electron chi connectivity index (χ4n) is 2.28. The highest BCUT2D eigenvalue weighted by Crippen LogP contribution is 2.24. The lowest BCUT2D eigenvalue weighted by molar-refractivity contribution is 0.209. The van der Waals surface area contributed by atoms with Crippen LogP contribution in [0.3, 0.4) is 0 Å². The van der Waals surface area contributed by atoms with Crippen LogP contribution in [0.5, 0.6) is 5.75 Å². The van der Waals surface area contributed by atoms with Gasteiger partial charge >= 0.3 is 6.09 Å². The first-order valence-electron chi connectivity index (χ1n) is 7.50. The van der Waals surface area contributed by atoms with Gasteiger partial charge in [-0.05, 0) is 47.5 Å². The molecule has 3 rings (SSSR count). The molecule has 4 heteroatoms. The van der Waals surface area contributed by atoms with Gasteiger partial charge in [-0.1, -0.05) is 58.4 Å². The number of carbonyl (C=O) groups excluding carboxylic acids is 1. The van der Waals surface area contributed by atoms with Gasteiger partial charge in [-0.2, -0.15) is 0 Å². The van der Waals surface area contributed by atoms with Crippen LogP contribution in [-0.4, -0.2) is 13.1 Å². The largest absolute Gasteiger partial charge is 0.419 e. The average molecular weight is 382 g/mol. The maximum absolute atomic E-state index is 12.2. The van der Waals surface area contributed by atoms with Gasteiger partial charge in [0.05, 0.1) is 0 Å². The number of nitrogens with zero attached hydrogens (tertiary/aromatic N) is 1. The van der Waals surface area contributed by atoms with Crippen molar-refractivity contribution in [3.63, 3.8) is 0 Å². The topological polar surface area (TPSA) is 29.5 Å². The summed E-state index contributed by atoms with van der Waals surface area (Å²) < 4.78 is 6.46. The van der Waals surface area contributed by atoms with Crippen molar-refractivity contribution in [3.8, 4) is 16.9 Å². The molecule has 0 aromatic heterocycles. The first-order valence-corrected chi connectivity index (χ1v) is 8.29. The Kier molecular flexibility index (Phi) is 4.96. The van der Waals surface area contributed by atoms with E-state index in [9.17, 15) is 4.79 Å². The Morgan fingerprint density at radius 3 is 1.96 bits per heavy atom. The van der Waals surface area contributed by atoms with Gasteiger partial charge in [0.25, 0.3) is 0 Å². The minimum absolute atomic E-state index is 0.419. The molecule has 0 atom stereocenters. The van der Waals surface area contributed by atoms with Crippen LogP contribution >= 0.6 is 15.9 Å². The van der Waals surface area contributed by atoms with Crippen molar-refractivity contribution in [2.24, 2.45) is 0 Å². The van der Waals surface area contributed by atoms with Crippen molar-refractivity contribution in [2.75, 3.05) is 11.9 Å². The molecule has 0 heterocycles. The molecule has 0 radical (unpaired) electrons. The van der Waals surface area contributed by atoms with Crippen LogP contribution in [0.15, 0.2) is 83.3 Å². The first-order chi connectivity index (χ1) is 11.6. The van der Waals surface area contributed by atoms with E-state index in [1.807, 2.05) is 66.7 Å². The molecular formula is C20H16BrNO2. The summed E-state index contributed by atoms with van der Waals surface area (Å²) in [6.45, 7) is 0. The van der Waals surface area contributed by atoms with Crippen molar-refractivity contribution in [1.29, 1.82) is 0 Å². The van der Waals surface area contributed by atoms with Crippen molar-refractivity contribution in [1.82, 2.24) is 0 Å². The van der Waals surface area contributed by atoms with Crippen LogP contribution in [0.1, 0.15) is 0 Å². The third-order valence-corrected chi connectivity index (χ3v) is 4.18. The quantitative estimate of drug-likeness (QED) is 0.577. The number of rotatable bonds is 3. The number of hydrogen-bond donors (Lipinski definition) is 0. The highest BCUT2D eigenvalue weighted by Gasteiger charge is 2.13. The van der Waals surface area contributed by atoms with E-state index >= 15 is 0 Å². The Morgan fingerprint density at radius 1 is 0.833 bits per heavy atom. The second-order valence-electron chi connectivity index (χ2n) is 5.29. The van der Waals surface area contributed by atoms with Crippen molar-refractivity contribution >= 4 is 27.7 Å². The van der Waals surface area contributed by atoms with Gasteiger partial charge < -0.3 is 4.74 Å². The summed E-state index contributed by atoms with van der Waals surface area (Å²) in [5.74, 6) is 0.517. The highest BCUT2D eigenvalue weighted by atomic mass is 79.9. The van der Waals surface area contributed by atoms with E-state index in [4.69, 9.17) is 4.74 Å². The van der Waals surface area contributed by atoms with Crippen LogP contribution in [-0.2, 0) is 0 Å². The number of anilines is 1. The van der Waals surface area contributed by atoms with Gasteiger partial charge in [0, 0.05) is 17.2 Å². The summed E-state index contributed by atoms with van der Waals surface area (Å²) >= 11 is 3.43. The molecule has 0 saturated heterocycles. The molecule has 0 saturated carbocycles. The number of para-hydroxylation sites is 1. The Bertz CT molecular complexity index is 815. The van der Waals surface area contributed by atoms with E-state index in [0.717, 1.165) is 21.3 Å². The maximum atomic E-state index is 12.2. The summed E-state index contributed by atoms with van der Waals surface area (Å²) in [4.78, 5) is 13.7. The number of amides is 1. The highest BCUT2D eigenvalue weighted by molar-refractivity contribution is 9.10. The van der Waals surface area contributed by atoms with Crippen LogP contribution in [0, 0.1) is 0 Å². The fraction of sp³-hybridized carbons (Fsp3) is 0.0500. The van der Waals surface area contributed by atoms with Crippen molar-refractivity contribution in [3.05, 3.63) is 83.3 Å². The molecule has 0 aliphatic carbocycles. The number of benzene rings is 3. The zero-order valence-corrected chi connectivity index (χ0v) is 14.7. The standard InChI is InChI=1S/C20H16BrNO2/c1-22(18-5-3-2-4-6-18)20(23)24-19-13-9-16(10-14-19)15-7-11-17(21)12-8-15/h2-14H,1H3. The van der Waals surface area contributed by atoms with E-state index in [1.54, 1.807) is 19.2 Å². The molecule has 0 unspecified atom stereocenters. The third kappa shape index (κ3) is 3.84. The molecule has 0 fully saturated rings. The normalized spacial score (nSPS) is 10.2. The number of carbonyl (C=O) groups is 1. The molecule has 0 bridgehead atoms. The minimum atomic E-state index is -0.419. The van der Waals surface area contributed by atoms with Gasteiger partial charge in [-0.3, -0.25) is 4.90 Å². The SMILES string of the molecule is CN(C(=O)Oc1ccc(-c2ccc(Br)cc2)cc1)c1ccccc1. The fourth-order valence-corrected chi connectivity index (χ4v) is 2.55. The second kappa shape index (κ2) is 7.32. The van der Waals surface area contributed by atoms with E-state index < -0.39 is 6.09 Å². The first kappa shape index (κ1) is 16.3. The van der Waals surface area contributed by atoms with Gasteiger partial charge in [0.2, 0.25) is 0 Å². The lowest BCUT2D eigenvalue weighted by Crippen LogP contribution is -2.29. The van der Waals surface area contributed by atoms with E-state index in [-0.39, 0.29) is 0 Å². The average Bonchev–Trinajstić information content (AvgIpc) is 2.63. The zero-order chi connectivity index (χ0) is 16.9. The molecule has 3 aromatic carbocycles. The summed E-state index contributed by atoms with van der Waals surface area (Å²) in [5, 5.41) is 0. The Balaban J connectivity index is 1.70. The molecule has 0 N–H and O–H groups in total. The van der Waals surface area contributed by atoms with Gasteiger partial charge in [0.15, 0.2) is 0 Å². The lowest BCUT2D eigenvalue weighted by atomic mass is 10.1. The minimum Gasteiger partial charge on any atom is -0.410 e. The Hall–Kier alpha value is -2.59. The van der Waals surface area contributed by atoms with E-state index in [2.05, 4.69) is 15.9 Å². The summed E-state index contributed by atoms with van der Waals surface area (Å²) in [6, 6.07) is 24.9. The molecule has 3 nitrogen and oxygen atoms in total.